The monoisotopic (exact) mass is 310 g/mol. The molecule has 0 aromatic carbocycles. The molecule has 0 radical (unpaired) electrons. The van der Waals surface area contributed by atoms with Gasteiger partial charge in [0, 0.05) is 18.0 Å². The Balaban J connectivity index is 2.48. The second-order valence-electron chi connectivity index (χ2n) is 6.53. The minimum absolute atomic E-state index is 0.397. The Kier molecular flexibility index (Phi) is 7.15. The van der Waals surface area contributed by atoms with E-state index in [0.717, 1.165) is 36.2 Å². The summed E-state index contributed by atoms with van der Waals surface area (Å²) in [5.74, 6) is 0.900. The molecule has 0 spiro atoms. The summed E-state index contributed by atoms with van der Waals surface area (Å²) in [6, 6.07) is 0. The lowest BCUT2D eigenvalue weighted by Gasteiger charge is -2.18. The van der Waals surface area contributed by atoms with Crippen molar-refractivity contribution in [3.05, 3.63) is 15.6 Å². The number of nitrogens with one attached hydrogen (secondary N) is 2. The zero-order valence-corrected chi connectivity index (χ0v) is 15.2. The van der Waals surface area contributed by atoms with Crippen molar-refractivity contribution in [1.29, 1.82) is 0 Å². The minimum Gasteiger partial charge on any atom is -0.357 e. The van der Waals surface area contributed by atoms with Gasteiger partial charge in [-0.1, -0.05) is 20.8 Å². The first kappa shape index (κ1) is 18.0. The van der Waals surface area contributed by atoms with Gasteiger partial charge in [0.05, 0.1) is 17.2 Å². The maximum absolute atomic E-state index is 4.66. The molecule has 0 fully saturated rings. The molecule has 1 aromatic heterocycles. The van der Waals surface area contributed by atoms with E-state index in [1.807, 2.05) is 6.92 Å². The lowest BCUT2D eigenvalue weighted by Crippen LogP contribution is -2.38. The highest BCUT2D eigenvalue weighted by Crippen LogP contribution is 2.20. The van der Waals surface area contributed by atoms with Crippen LogP contribution in [-0.2, 0) is 6.54 Å². The molecule has 2 N–H and O–H groups in total. The van der Waals surface area contributed by atoms with E-state index in [4.69, 9.17) is 0 Å². The van der Waals surface area contributed by atoms with Crippen molar-refractivity contribution in [2.45, 2.75) is 60.9 Å². The number of rotatable bonds is 6. The smallest absolute Gasteiger partial charge is 0.191 e. The Hall–Kier alpha value is -1.10. The summed E-state index contributed by atoms with van der Waals surface area (Å²) in [4.78, 5) is 10.4. The Morgan fingerprint density at radius 2 is 1.95 bits per heavy atom. The van der Waals surface area contributed by atoms with Crippen LogP contribution < -0.4 is 10.6 Å². The van der Waals surface area contributed by atoms with Crippen LogP contribution in [0.3, 0.4) is 0 Å². The summed E-state index contributed by atoms with van der Waals surface area (Å²) in [7, 11) is 0. The molecular weight excluding hydrogens is 280 g/mol. The molecule has 1 aromatic rings. The van der Waals surface area contributed by atoms with Gasteiger partial charge in [0.15, 0.2) is 5.96 Å². The number of thiazole rings is 1. The number of hydrogen-bond donors (Lipinski definition) is 2. The fourth-order valence-corrected chi connectivity index (χ4v) is 2.90. The van der Waals surface area contributed by atoms with E-state index >= 15 is 0 Å². The van der Waals surface area contributed by atoms with Gasteiger partial charge in [-0.3, -0.25) is 0 Å². The van der Waals surface area contributed by atoms with Crippen LogP contribution in [0.25, 0.3) is 0 Å². The van der Waals surface area contributed by atoms with Crippen molar-refractivity contribution in [3.63, 3.8) is 0 Å². The molecule has 120 valence electrons. The summed E-state index contributed by atoms with van der Waals surface area (Å²) < 4.78 is 0. The third-order valence-electron chi connectivity index (χ3n) is 3.12. The van der Waals surface area contributed by atoms with E-state index in [1.165, 1.54) is 11.3 Å². The SMILES string of the molecule is CCNC(=NCc1sc(C)nc1C)NCCCC(C)(C)C. The molecule has 4 nitrogen and oxygen atoms in total. The van der Waals surface area contributed by atoms with Crippen LogP contribution in [0.5, 0.6) is 0 Å². The van der Waals surface area contributed by atoms with Crippen molar-refractivity contribution in [3.8, 4) is 0 Å². The van der Waals surface area contributed by atoms with Gasteiger partial charge in [-0.15, -0.1) is 11.3 Å². The molecule has 0 saturated carbocycles. The van der Waals surface area contributed by atoms with E-state index in [0.29, 0.717) is 12.0 Å². The first-order chi connectivity index (χ1) is 9.81. The van der Waals surface area contributed by atoms with E-state index in [-0.39, 0.29) is 0 Å². The molecule has 0 saturated heterocycles. The van der Waals surface area contributed by atoms with Gasteiger partial charge in [-0.25, -0.2) is 9.98 Å². The molecule has 0 aliphatic carbocycles. The molecule has 0 unspecified atom stereocenters. The van der Waals surface area contributed by atoms with Crippen LogP contribution in [-0.4, -0.2) is 24.0 Å². The van der Waals surface area contributed by atoms with E-state index in [2.05, 4.69) is 55.2 Å². The Labute approximate surface area is 133 Å². The predicted molar refractivity (Wildman–Crippen MR) is 93.1 cm³/mol. The van der Waals surface area contributed by atoms with E-state index in [1.54, 1.807) is 11.3 Å². The van der Waals surface area contributed by atoms with Crippen LogP contribution in [0.15, 0.2) is 4.99 Å². The van der Waals surface area contributed by atoms with Crippen molar-refractivity contribution in [2.75, 3.05) is 13.1 Å². The van der Waals surface area contributed by atoms with Gasteiger partial charge in [-0.05, 0) is 39.0 Å². The summed E-state index contributed by atoms with van der Waals surface area (Å²) in [6.45, 7) is 15.6. The maximum atomic E-state index is 4.66. The highest BCUT2D eigenvalue weighted by Gasteiger charge is 2.09. The number of aliphatic imine (C=N–C) groups is 1. The molecule has 1 heterocycles. The lowest BCUT2D eigenvalue weighted by atomic mass is 9.91. The average molecular weight is 311 g/mol. The molecule has 0 aliphatic rings. The van der Waals surface area contributed by atoms with Crippen molar-refractivity contribution >= 4 is 17.3 Å². The Morgan fingerprint density at radius 3 is 2.48 bits per heavy atom. The van der Waals surface area contributed by atoms with Crippen molar-refractivity contribution in [2.24, 2.45) is 10.4 Å². The van der Waals surface area contributed by atoms with Crippen molar-refractivity contribution < 1.29 is 0 Å². The van der Waals surface area contributed by atoms with Crippen LogP contribution in [0.4, 0.5) is 0 Å². The number of nitrogens with zero attached hydrogens (tertiary/aromatic N) is 2. The van der Waals surface area contributed by atoms with Crippen LogP contribution >= 0.6 is 11.3 Å². The quantitative estimate of drug-likeness (QED) is 0.479. The first-order valence-electron chi connectivity index (χ1n) is 7.77. The van der Waals surface area contributed by atoms with Gasteiger partial charge < -0.3 is 10.6 Å². The number of aryl methyl sites for hydroxylation is 2. The maximum Gasteiger partial charge on any atom is 0.191 e. The standard InChI is InChI=1S/C16H30N4S/c1-7-17-15(18-10-8-9-16(4,5)6)19-11-14-12(2)20-13(3)21-14/h7-11H2,1-6H3,(H2,17,18,19). The highest BCUT2D eigenvalue weighted by atomic mass is 32.1. The molecule has 1 rings (SSSR count). The molecule has 21 heavy (non-hydrogen) atoms. The molecule has 0 bridgehead atoms. The summed E-state index contributed by atoms with van der Waals surface area (Å²) in [6.07, 6.45) is 2.37. The van der Waals surface area contributed by atoms with Crippen LogP contribution in [0.2, 0.25) is 0 Å². The Bertz CT molecular complexity index is 457. The zero-order chi connectivity index (χ0) is 15.9. The van der Waals surface area contributed by atoms with Gasteiger partial charge in [0.25, 0.3) is 0 Å². The topological polar surface area (TPSA) is 49.3 Å². The van der Waals surface area contributed by atoms with Crippen LogP contribution in [0.1, 0.15) is 56.1 Å². The normalized spacial score (nSPS) is 12.6. The van der Waals surface area contributed by atoms with Gasteiger partial charge in [-0.2, -0.15) is 0 Å². The molecular formula is C16H30N4S. The number of hydrogen-bond acceptors (Lipinski definition) is 3. The molecule has 0 atom stereocenters. The largest absolute Gasteiger partial charge is 0.357 e. The second-order valence-corrected chi connectivity index (χ2v) is 7.82. The molecule has 0 aliphatic heterocycles. The summed E-state index contributed by atoms with van der Waals surface area (Å²) in [5, 5.41) is 7.82. The van der Waals surface area contributed by atoms with Crippen molar-refractivity contribution in [1.82, 2.24) is 15.6 Å². The first-order valence-corrected chi connectivity index (χ1v) is 8.58. The summed E-state index contributed by atoms with van der Waals surface area (Å²) >= 11 is 1.73. The summed E-state index contributed by atoms with van der Waals surface area (Å²) in [5.41, 5.74) is 1.50. The van der Waals surface area contributed by atoms with Gasteiger partial charge >= 0.3 is 0 Å². The number of guanidine groups is 1. The van der Waals surface area contributed by atoms with Crippen LogP contribution in [0, 0.1) is 19.3 Å². The minimum atomic E-state index is 0.397. The Morgan fingerprint density at radius 1 is 1.24 bits per heavy atom. The average Bonchev–Trinajstić information content (AvgIpc) is 2.69. The predicted octanol–water partition coefficient (Wildman–Crippen LogP) is 3.64. The second kappa shape index (κ2) is 8.37. The van der Waals surface area contributed by atoms with Gasteiger partial charge in [0.2, 0.25) is 0 Å². The molecule has 0 amide bonds. The fraction of sp³-hybridized carbons (Fsp3) is 0.750. The fourth-order valence-electron chi connectivity index (χ4n) is 2.04. The van der Waals surface area contributed by atoms with Gasteiger partial charge in [0.1, 0.15) is 0 Å². The number of aromatic nitrogens is 1. The molecule has 5 heteroatoms. The van der Waals surface area contributed by atoms with E-state index < -0.39 is 0 Å². The lowest BCUT2D eigenvalue weighted by molar-refractivity contribution is 0.365. The zero-order valence-electron chi connectivity index (χ0n) is 14.3. The third kappa shape index (κ3) is 7.46. The highest BCUT2D eigenvalue weighted by molar-refractivity contribution is 7.11. The third-order valence-corrected chi connectivity index (χ3v) is 4.18. The van der Waals surface area contributed by atoms with E-state index in [9.17, 15) is 0 Å².